The highest BCUT2D eigenvalue weighted by molar-refractivity contribution is 5.97. The van der Waals surface area contributed by atoms with Gasteiger partial charge in [0.05, 0.1) is 30.1 Å². The summed E-state index contributed by atoms with van der Waals surface area (Å²) in [5.74, 6) is 0.397. The van der Waals surface area contributed by atoms with E-state index in [1.54, 1.807) is 12.3 Å². The van der Waals surface area contributed by atoms with E-state index in [0.29, 0.717) is 28.5 Å². The Balaban J connectivity index is 2.04. The first-order chi connectivity index (χ1) is 10.0. The molecule has 2 aromatic rings. The van der Waals surface area contributed by atoms with Gasteiger partial charge in [0.25, 0.3) is 0 Å². The minimum absolute atomic E-state index is 0.0869. The monoisotopic (exact) mass is 287 g/mol. The Labute approximate surface area is 121 Å². The molecule has 0 saturated heterocycles. The molecule has 108 valence electrons. The number of amides is 1. The third kappa shape index (κ3) is 2.69. The fraction of sp³-hybridized carbons (Fsp3) is 0.267. The predicted octanol–water partition coefficient (Wildman–Crippen LogP) is 2.56. The Hall–Kier alpha value is -2.50. The molecule has 0 spiro atoms. The highest BCUT2D eigenvalue weighted by Crippen LogP contribution is 2.31. The summed E-state index contributed by atoms with van der Waals surface area (Å²) in [6.45, 7) is 3.73. The zero-order valence-corrected chi connectivity index (χ0v) is 11.7. The molecule has 21 heavy (non-hydrogen) atoms. The Morgan fingerprint density at radius 2 is 2.19 bits per heavy atom. The molecule has 6 heteroatoms. The second-order valence-corrected chi connectivity index (χ2v) is 5.08. The lowest BCUT2D eigenvalue weighted by Gasteiger charge is -2.14. The van der Waals surface area contributed by atoms with Crippen molar-refractivity contribution < 1.29 is 13.9 Å². The summed E-state index contributed by atoms with van der Waals surface area (Å²) < 4.78 is 19.0. The number of halogens is 1. The summed E-state index contributed by atoms with van der Waals surface area (Å²) in [4.78, 5) is 19.9. The Bertz CT molecular complexity index is 716. The SMILES string of the molecule is CC(C)Oc1cc(F)ccc1-c1cnc2c(n1)CC(=O)N2. The van der Waals surface area contributed by atoms with Crippen LogP contribution in [0.1, 0.15) is 19.5 Å². The summed E-state index contributed by atoms with van der Waals surface area (Å²) in [5.41, 5.74) is 1.80. The van der Waals surface area contributed by atoms with Crippen LogP contribution in [-0.4, -0.2) is 22.0 Å². The Morgan fingerprint density at radius 1 is 1.38 bits per heavy atom. The van der Waals surface area contributed by atoms with Crippen LogP contribution in [0.2, 0.25) is 0 Å². The highest BCUT2D eigenvalue weighted by atomic mass is 19.1. The molecule has 1 aromatic carbocycles. The quantitative estimate of drug-likeness (QED) is 0.942. The fourth-order valence-corrected chi connectivity index (χ4v) is 2.17. The van der Waals surface area contributed by atoms with E-state index >= 15 is 0 Å². The van der Waals surface area contributed by atoms with E-state index in [0.717, 1.165) is 0 Å². The zero-order valence-electron chi connectivity index (χ0n) is 11.7. The van der Waals surface area contributed by atoms with Gasteiger partial charge in [0, 0.05) is 11.6 Å². The lowest BCUT2D eigenvalue weighted by Crippen LogP contribution is -2.07. The van der Waals surface area contributed by atoms with Gasteiger partial charge in [-0.15, -0.1) is 0 Å². The number of carbonyl (C=O) groups excluding carboxylic acids is 1. The van der Waals surface area contributed by atoms with Gasteiger partial charge < -0.3 is 10.1 Å². The maximum absolute atomic E-state index is 13.4. The van der Waals surface area contributed by atoms with E-state index < -0.39 is 0 Å². The minimum atomic E-state index is -0.375. The third-order valence-corrected chi connectivity index (χ3v) is 3.01. The summed E-state index contributed by atoms with van der Waals surface area (Å²) in [6, 6.07) is 4.28. The van der Waals surface area contributed by atoms with Crippen LogP contribution in [0.4, 0.5) is 10.2 Å². The van der Waals surface area contributed by atoms with Crippen molar-refractivity contribution in [3.05, 3.63) is 35.9 Å². The largest absolute Gasteiger partial charge is 0.490 e. The maximum Gasteiger partial charge on any atom is 0.231 e. The average molecular weight is 287 g/mol. The molecule has 0 aliphatic carbocycles. The van der Waals surface area contributed by atoms with Crippen LogP contribution >= 0.6 is 0 Å². The lowest BCUT2D eigenvalue weighted by molar-refractivity contribution is -0.115. The first-order valence-corrected chi connectivity index (χ1v) is 6.65. The molecular weight excluding hydrogens is 273 g/mol. The topological polar surface area (TPSA) is 64.1 Å². The van der Waals surface area contributed by atoms with Crippen molar-refractivity contribution in [1.82, 2.24) is 9.97 Å². The van der Waals surface area contributed by atoms with E-state index in [2.05, 4.69) is 15.3 Å². The van der Waals surface area contributed by atoms with Crippen LogP contribution < -0.4 is 10.1 Å². The van der Waals surface area contributed by atoms with Gasteiger partial charge in [0.1, 0.15) is 11.6 Å². The number of nitrogens with zero attached hydrogens (tertiary/aromatic N) is 2. The van der Waals surface area contributed by atoms with Crippen LogP contribution in [0.3, 0.4) is 0 Å². The lowest BCUT2D eigenvalue weighted by atomic mass is 10.1. The van der Waals surface area contributed by atoms with Gasteiger partial charge in [-0.3, -0.25) is 4.79 Å². The molecule has 0 radical (unpaired) electrons. The van der Waals surface area contributed by atoms with Crippen molar-refractivity contribution in [1.29, 1.82) is 0 Å². The third-order valence-electron chi connectivity index (χ3n) is 3.01. The van der Waals surface area contributed by atoms with Crippen molar-refractivity contribution in [2.75, 3.05) is 5.32 Å². The van der Waals surface area contributed by atoms with Gasteiger partial charge in [-0.2, -0.15) is 0 Å². The molecule has 0 atom stereocenters. The van der Waals surface area contributed by atoms with Gasteiger partial charge in [-0.1, -0.05) is 0 Å². The van der Waals surface area contributed by atoms with Crippen LogP contribution in [0.5, 0.6) is 5.75 Å². The number of ether oxygens (including phenoxy) is 1. The normalized spacial score (nSPS) is 13.2. The molecule has 1 aromatic heterocycles. The van der Waals surface area contributed by atoms with E-state index in [4.69, 9.17) is 4.74 Å². The fourth-order valence-electron chi connectivity index (χ4n) is 2.17. The summed E-state index contributed by atoms with van der Waals surface area (Å²) in [5, 5.41) is 2.63. The molecule has 5 nitrogen and oxygen atoms in total. The zero-order chi connectivity index (χ0) is 15.0. The van der Waals surface area contributed by atoms with Gasteiger partial charge in [-0.25, -0.2) is 14.4 Å². The molecule has 1 amide bonds. The molecule has 1 N–H and O–H groups in total. The molecule has 0 unspecified atom stereocenters. The van der Waals surface area contributed by atoms with Crippen LogP contribution in [0.15, 0.2) is 24.4 Å². The van der Waals surface area contributed by atoms with Crippen molar-refractivity contribution in [2.45, 2.75) is 26.4 Å². The number of hydrogen-bond acceptors (Lipinski definition) is 4. The molecule has 0 saturated carbocycles. The second-order valence-electron chi connectivity index (χ2n) is 5.08. The molecule has 1 aliphatic heterocycles. The molecule has 0 bridgehead atoms. The second kappa shape index (κ2) is 5.12. The number of nitrogens with one attached hydrogen (secondary N) is 1. The van der Waals surface area contributed by atoms with Gasteiger partial charge in [0.2, 0.25) is 5.91 Å². The van der Waals surface area contributed by atoms with Gasteiger partial charge in [-0.05, 0) is 26.0 Å². The van der Waals surface area contributed by atoms with E-state index in [-0.39, 0.29) is 24.2 Å². The number of fused-ring (bicyclic) bond motifs is 1. The number of carbonyl (C=O) groups is 1. The average Bonchev–Trinajstić information content (AvgIpc) is 2.77. The number of anilines is 1. The highest BCUT2D eigenvalue weighted by Gasteiger charge is 2.22. The number of hydrogen-bond donors (Lipinski definition) is 1. The van der Waals surface area contributed by atoms with Crippen molar-refractivity contribution in [2.24, 2.45) is 0 Å². The van der Waals surface area contributed by atoms with Crippen LogP contribution in [-0.2, 0) is 11.2 Å². The Kier molecular flexibility index (Phi) is 3.29. The molecular formula is C15H14FN3O2. The number of aromatic nitrogens is 2. The number of benzene rings is 1. The van der Waals surface area contributed by atoms with E-state index in [1.165, 1.54) is 12.1 Å². The predicted molar refractivity (Wildman–Crippen MR) is 75.5 cm³/mol. The molecule has 1 aliphatic rings. The van der Waals surface area contributed by atoms with Gasteiger partial charge in [0.15, 0.2) is 5.82 Å². The minimum Gasteiger partial charge on any atom is -0.490 e. The molecule has 0 fully saturated rings. The summed E-state index contributed by atoms with van der Waals surface area (Å²) >= 11 is 0. The first-order valence-electron chi connectivity index (χ1n) is 6.65. The number of rotatable bonds is 3. The smallest absolute Gasteiger partial charge is 0.231 e. The summed E-state index contributed by atoms with van der Waals surface area (Å²) in [7, 11) is 0. The van der Waals surface area contributed by atoms with E-state index in [1.807, 2.05) is 13.8 Å². The van der Waals surface area contributed by atoms with Gasteiger partial charge >= 0.3 is 0 Å². The molecule has 2 heterocycles. The van der Waals surface area contributed by atoms with E-state index in [9.17, 15) is 9.18 Å². The molecule has 3 rings (SSSR count). The van der Waals surface area contributed by atoms with Crippen molar-refractivity contribution >= 4 is 11.7 Å². The van der Waals surface area contributed by atoms with Crippen LogP contribution in [0, 0.1) is 5.82 Å². The van der Waals surface area contributed by atoms with Crippen molar-refractivity contribution in [3.8, 4) is 17.0 Å². The van der Waals surface area contributed by atoms with Crippen LogP contribution in [0.25, 0.3) is 11.3 Å². The maximum atomic E-state index is 13.4. The summed E-state index contributed by atoms with van der Waals surface area (Å²) in [6.07, 6.45) is 1.67. The van der Waals surface area contributed by atoms with Crippen molar-refractivity contribution in [3.63, 3.8) is 0 Å². The first kappa shape index (κ1) is 13.5. The Morgan fingerprint density at radius 3 is 2.95 bits per heavy atom. The standard InChI is InChI=1S/C15H14FN3O2/c1-8(2)21-13-5-9(16)3-4-10(13)12-7-17-15-11(18-12)6-14(20)19-15/h3-5,7-8H,6H2,1-2H3,(H,17,19,20).